The van der Waals surface area contributed by atoms with E-state index >= 15 is 0 Å². The molecule has 0 saturated heterocycles. The molecule has 5 rings (SSSR count). The third-order valence-corrected chi connectivity index (χ3v) is 8.66. The Morgan fingerprint density at radius 3 is 2.82 bits per heavy atom. The quantitative estimate of drug-likeness (QED) is 0.528. The number of carboxylic acids is 1. The third-order valence-electron chi connectivity index (χ3n) is 7.52. The Morgan fingerprint density at radius 2 is 2.12 bits per heavy atom. The molecule has 0 unspecified atom stereocenters. The molecule has 3 aromatic rings. The number of aliphatic carboxylic acids is 1. The summed E-state index contributed by atoms with van der Waals surface area (Å²) < 4.78 is 3.01. The zero-order chi connectivity index (χ0) is 23.2. The first kappa shape index (κ1) is 22.4. The minimum atomic E-state index is -0.718. The predicted octanol–water partition coefficient (Wildman–Crippen LogP) is 5.36. The van der Waals surface area contributed by atoms with Gasteiger partial charge in [-0.1, -0.05) is 11.6 Å². The first-order chi connectivity index (χ1) is 15.8. The number of hydrogen-bond acceptors (Lipinski definition) is 4. The summed E-state index contributed by atoms with van der Waals surface area (Å²) in [5.74, 6) is -0.274. The molecule has 174 valence electrons. The van der Waals surface area contributed by atoms with Crippen molar-refractivity contribution in [3.63, 3.8) is 0 Å². The number of aromatic nitrogens is 2. The fourth-order valence-electron chi connectivity index (χ4n) is 5.36. The number of rotatable bonds is 5. The van der Waals surface area contributed by atoms with Crippen molar-refractivity contribution in [2.24, 2.45) is 11.3 Å². The van der Waals surface area contributed by atoms with Gasteiger partial charge in [0.1, 0.15) is 5.65 Å². The minimum absolute atomic E-state index is 0.174. The number of carbonyl (C=O) groups is 2. The average molecular weight is 486 g/mol. The highest BCUT2D eigenvalue weighted by Gasteiger charge is 2.38. The fraction of sp³-hybridized carbons (Fsp3) is 0.480. The van der Waals surface area contributed by atoms with E-state index in [0.717, 1.165) is 40.5 Å². The lowest BCUT2D eigenvalue weighted by Crippen LogP contribution is -2.39. The van der Waals surface area contributed by atoms with Gasteiger partial charge in [0, 0.05) is 30.2 Å². The maximum absolute atomic E-state index is 13.2. The van der Waals surface area contributed by atoms with Crippen molar-refractivity contribution in [3.05, 3.63) is 50.9 Å². The van der Waals surface area contributed by atoms with Crippen molar-refractivity contribution in [1.29, 1.82) is 0 Å². The van der Waals surface area contributed by atoms with Gasteiger partial charge in [-0.2, -0.15) is 0 Å². The zero-order valence-electron chi connectivity index (χ0n) is 18.7. The summed E-state index contributed by atoms with van der Waals surface area (Å²) in [5.41, 5.74) is 3.91. The van der Waals surface area contributed by atoms with E-state index in [0.29, 0.717) is 38.9 Å². The topological polar surface area (TPSA) is 75.4 Å². The van der Waals surface area contributed by atoms with E-state index in [2.05, 4.69) is 21.0 Å². The fourth-order valence-corrected chi connectivity index (χ4v) is 6.26. The van der Waals surface area contributed by atoms with Crippen molar-refractivity contribution < 1.29 is 14.7 Å². The number of hydrogen-bond donors (Lipinski definition) is 1. The summed E-state index contributed by atoms with van der Waals surface area (Å²) in [6.45, 7) is 3.81. The molecule has 0 atom stereocenters. The van der Waals surface area contributed by atoms with Crippen molar-refractivity contribution in [2.75, 3.05) is 6.54 Å². The highest BCUT2D eigenvalue weighted by Crippen LogP contribution is 2.40. The zero-order valence-corrected chi connectivity index (χ0v) is 20.3. The van der Waals surface area contributed by atoms with Crippen molar-refractivity contribution in [2.45, 2.75) is 58.5 Å². The number of carboxylic acid groups (broad SMARTS) is 1. The summed E-state index contributed by atoms with van der Waals surface area (Å²) in [6.07, 6.45) is 6.04. The van der Waals surface area contributed by atoms with Crippen LogP contribution in [-0.2, 0) is 29.1 Å². The number of thiophene rings is 1. The molecule has 6 nitrogen and oxygen atoms in total. The van der Waals surface area contributed by atoms with E-state index in [4.69, 9.17) is 11.6 Å². The highest BCUT2D eigenvalue weighted by molar-refractivity contribution is 7.14. The Kier molecular flexibility index (Phi) is 5.95. The molecular weight excluding hydrogens is 458 g/mol. The smallest absolute Gasteiger partial charge is 0.309 e. The second-order valence-electron chi connectivity index (χ2n) is 9.72. The first-order valence-corrected chi connectivity index (χ1v) is 12.8. The molecule has 2 aliphatic rings. The van der Waals surface area contributed by atoms with Crippen LogP contribution in [0.3, 0.4) is 0 Å². The van der Waals surface area contributed by atoms with Gasteiger partial charge in [0.15, 0.2) is 0 Å². The third kappa shape index (κ3) is 4.28. The Labute approximate surface area is 202 Å². The predicted molar refractivity (Wildman–Crippen MR) is 130 cm³/mol. The summed E-state index contributed by atoms with van der Waals surface area (Å²) in [5, 5.41) is 12.7. The van der Waals surface area contributed by atoms with Crippen LogP contribution in [0.2, 0.25) is 4.34 Å². The summed E-state index contributed by atoms with van der Waals surface area (Å²) in [4.78, 5) is 31.4. The lowest BCUT2D eigenvalue weighted by atomic mass is 9.71. The van der Waals surface area contributed by atoms with E-state index in [-0.39, 0.29) is 11.8 Å². The SMILES string of the molecule is C[C@]1(C(=O)O)CC[C@@H](CC(=O)N2CCc3c(n(Cc4csc(Cl)c4)c4ncccc34)C2)CC1. The largest absolute Gasteiger partial charge is 0.481 e. The molecule has 0 aromatic carbocycles. The number of halogens is 1. The Bertz CT molecular complexity index is 1210. The summed E-state index contributed by atoms with van der Waals surface area (Å²) in [6, 6.07) is 6.09. The molecule has 1 saturated carbocycles. The molecule has 4 heterocycles. The van der Waals surface area contributed by atoms with Gasteiger partial charge in [-0.25, -0.2) is 4.98 Å². The van der Waals surface area contributed by atoms with Crippen LogP contribution >= 0.6 is 22.9 Å². The normalized spacial score (nSPS) is 23.0. The van der Waals surface area contributed by atoms with Gasteiger partial charge in [-0.15, -0.1) is 11.3 Å². The molecule has 8 heteroatoms. The Morgan fingerprint density at radius 1 is 1.33 bits per heavy atom. The minimum Gasteiger partial charge on any atom is -0.481 e. The van der Waals surface area contributed by atoms with Crippen molar-refractivity contribution in [1.82, 2.24) is 14.5 Å². The van der Waals surface area contributed by atoms with Crippen LogP contribution in [-0.4, -0.2) is 38.0 Å². The standard InChI is InChI=1S/C25H28ClN3O3S/c1-25(24(31)32)7-4-16(5-8-25)12-22(30)28-10-6-18-19-3-2-9-27-23(19)29(20(18)14-28)13-17-11-21(26)33-15-17/h2-3,9,11,15-16H,4-8,10,12-14H2,1H3,(H,31,32)/t16-,25+. The van der Waals surface area contributed by atoms with E-state index in [1.165, 1.54) is 22.3 Å². The second kappa shape index (κ2) is 8.76. The van der Waals surface area contributed by atoms with Crippen LogP contribution in [0.15, 0.2) is 29.8 Å². The lowest BCUT2D eigenvalue weighted by Gasteiger charge is -2.35. The second-order valence-corrected chi connectivity index (χ2v) is 11.3. The molecule has 0 spiro atoms. The monoisotopic (exact) mass is 485 g/mol. The Hall–Kier alpha value is -2.38. The van der Waals surface area contributed by atoms with Gasteiger partial charge >= 0.3 is 5.97 Å². The summed E-state index contributed by atoms with van der Waals surface area (Å²) >= 11 is 7.69. The van der Waals surface area contributed by atoms with Crippen LogP contribution < -0.4 is 0 Å². The van der Waals surface area contributed by atoms with Crippen molar-refractivity contribution >= 4 is 45.8 Å². The average Bonchev–Trinajstić information content (AvgIpc) is 3.36. The molecule has 0 bridgehead atoms. The molecule has 1 aliphatic carbocycles. The van der Waals surface area contributed by atoms with Gasteiger partial charge in [-0.05, 0) is 79.7 Å². The van der Waals surface area contributed by atoms with Gasteiger partial charge in [0.2, 0.25) is 5.91 Å². The van der Waals surface area contributed by atoms with Crippen LogP contribution in [0.4, 0.5) is 0 Å². The molecule has 1 fully saturated rings. The van der Waals surface area contributed by atoms with Gasteiger partial charge < -0.3 is 14.6 Å². The van der Waals surface area contributed by atoms with Crippen LogP contribution in [0.5, 0.6) is 0 Å². The van der Waals surface area contributed by atoms with E-state index in [9.17, 15) is 14.7 Å². The van der Waals surface area contributed by atoms with Crippen LogP contribution in [0.25, 0.3) is 11.0 Å². The van der Waals surface area contributed by atoms with Gasteiger partial charge in [0.05, 0.1) is 22.8 Å². The van der Waals surface area contributed by atoms with Crippen molar-refractivity contribution in [3.8, 4) is 0 Å². The number of amides is 1. The van der Waals surface area contributed by atoms with E-state index in [1.54, 1.807) is 0 Å². The highest BCUT2D eigenvalue weighted by atomic mass is 35.5. The van der Waals surface area contributed by atoms with E-state index in [1.807, 2.05) is 30.2 Å². The lowest BCUT2D eigenvalue weighted by molar-refractivity contribution is -0.150. The van der Waals surface area contributed by atoms with Crippen LogP contribution in [0.1, 0.15) is 55.8 Å². The number of fused-ring (bicyclic) bond motifs is 3. The molecular formula is C25H28ClN3O3S. The van der Waals surface area contributed by atoms with Crippen LogP contribution in [0, 0.1) is 11.3 Å². The first-order valence-electron chi connectivity index (χ1n) is 11.5. The Balaban J connectivity index is 1.34. The molecule has 1 N–H and O–H groups in total. The maximum Gasteiger partial charge on any atom is 0.309 e. The molecule has 1 amide bonds. The number of carbonyl (C=O) groups excluding carboxylic acids is 1. The number of pyridine rings is 1. The van der Waals surface area contributed by atoms with Gasteiger partial charge in [-0.3, -0.25) is 9.59 Å². The molecule has 33 heavy (non-hydrogen) atoms. The molecule has 1 aliphatic heterocycles. The van der Waals surface area contributed by atoms with Gasteiger partial charge in [0.25, 0.3) is 0 Å². The maximum atomic E-state index is 13.2. The number of nitrogens with zero attached hydrogens (tertiary/aromatic N) is 3. The van der Waals surface area contributed by atoms with E-state index < -0.39 is 11.4 Å². The summed E-state index contributed by atoms with van der Waals surface area (Å²) in [7, 11) is 0. The molecule has 0 radical (unpaired) electrons. The molecule has 3 aromatic heterocycles.